The van der Waals surface area contributed by atoms with Gasteiger partial charge in [-0.3, -0.25) is 0 Å². The average molecular weight is 311 g/mol. The molecule has 0 aromatic heterocycles. The Morgan fingerprint density at radius 2 is 2.10 bits per heavy atom. The first-order valence-corrected chi connectivity index (χ1v) is 8.91. The van der Waals surface area contributed by atoms with E-state index in [0.717, 1.165) is 19.3 Å². The van der Waals surface area contributed by atoms with Crippen molar-refractivity contribution in [2.24, 2.45) is 11.7 Å². The molecule has 1 fully saturated rings. The van der Waals surface area contributed by atoms with Crippen LogP contribution in [0.25, 0.3) is 0 Å². The number of hydrogen-bond acceptors (Lipinski definition) is 4. The number of rotatable bonds is 5. The van der Waals surface area contributed by atoms with Crippen LogP contribution in [0.1, 0.15) is 32.6 Å². The van der Waals surface area contributed by atoms with E-state index in [-0.39, 0.29) is 10.4 Å². The summed E-state index contributed by atoms with van der Waals surface area (Å²) in [5, 5.41) is 3.44. The van der Waals surface area contributed by atoms with E-state index < -0.39 is 10.0 Å². The Morgan fingerprint density at radius 3 is 2.71 bits per heavy atom. The molecule has 2 rings (SSSR count). The van der Waals surface area contributed by atoms with Gasteiger partial charge in [-0.25, -0.2) is 13.1 Å². The van der Waals surface area contributed by atoms with Crippen LogP contribution in [0.15, 0.2) is 29.2 Å². The summed E-state index contributed by atoms with van der Waals surface area (Å²) in [5.74, 6) is 0.600. The van der Waals surface area contributed by atoms with Crippen molar-refractivity contribution in [3.8, 4) is 0 Å². The Bertz CT molecular complexity index is 588. The molecule has 2 atom stereocenters. The van der Waals surface area contributed by atoms with Gasteiger partial charge >= 0.3 is 0 Å². The van der Waals surface area contributed by atoms with Gasteiger partial charge in [-0.15, -0.1) is 0 Å². The summed E-state index contributed by atoms with van der Waals surface area (Å²) in [6.07, 6.45) is 4.27. The van der Waals surface area contributed by atoms with E-state index in [4.69, 9.17) is 5.73 Å². The van der Waals surface area contributed by atoms with Crippen molar-refractivity contribution in [1.29, 1.82) is 0 Å². The van der Waals surface area contributed by atoms with Crippen LogP contribution < -0.4 is 15.8 Å². The molecule has 0 saturated heterocycles. The molecule has 2 unspecified atom stereocenters. The summed E-state index contributed by atoms with van der Waals surface area (Å²) < 4.78 is 26.7. The van der Waals surface area contributed by atoms with Crippen molar-refractivity contribution in [1.82, 2.24) is 4.72 Å². The highest BCUT2D eigenvalue weighted by atomic mass is 32.2. The minimum atomic E-state index is -3.48. The van der Waals surface area contributed by atoms with Crippen LogP contribution in [-0.4, -0.2) is 27.5 Å². The van der Waals surface area contributed by atoms with Gasteiger partial charge in [0.15, 0.2) is 0 Å². The number of nitrogens with one attached hydrogen (secondary N) is 2. The second-order valence-electron chi connectivity index (χ2n) is 6.01. The highest BCUT2D eigenvalue weighted by Crippen LogP contribution is 2.35. The van der Waals surface area contributed by atoms with Crippen molar-refractivity contribution < 1.29 is 8.42 Å². The van der Waals surface area contributed by atoms with E-state index in [1.807, 2.05) is 6.07 Å². The quantitative estimate of drug-likeness (QED) is 0.775. The van der Waals surface area contributed by atoms with Gasteiger partial charge in [0, 0.05) is 12.1 Å². The molecule has 6 heteroatoms. The predicted molar refractivity (Wildman–Crippen MR) is 85.7 cm³/mol. The summed E-state index contributed by atoms with van der Waals surface area (Å²) in [6, 6.07) is 6.99. The molecule has 5 nitrogen and oxygen atoms in total. The minimum absolute atomic E-state index is 0.211. The van der Waals surface area contributed by atoms with Crippen LogP contribution in [0.4, 0.5) is 5.69 Å². The normalized spacial score (nSPS) is 26.5. The molecule has 4 N–H and O–H groups in total. The monoisotopic (exact) mass is 311 g/mol. The Hall–Kier alpha value is -1.11. The molecule has 0 spiro atoms. The molecule has 0 radical (unpaired) electrons. The Labute approximate surface area is 127 Å². The SMILES string of the molecule is CNS(=O)(=O)c1ccccc1NC1(CN)CCCC(C)C1. The third-order valence-electron chi connectivity index (χ3n) is 4.33. The van der Waals surface area contributed by atoms with E-state index in [1.54, 1.807) is 18.2 Å². The van der Waals surface area contributed by atoms with Gasteiger partial charge in [0.1, 0.15) is 4.90 Å². The molecule has 1 aliphatic rings. The second-order valence-corrected chi connectivity index (χ2v) is 7.87. The topological polar surface area (TPSA) is 84.2 Å². The van der Waals surface area contributed by atoms with Crippen molar-refractivity contribution in [2.75, 3.05) is 18.9 Å². The van der Waals surface area contributed by atoms with Crippen molar-refractivity contribution >= 4 is 15.7 Å². The molecule has 1 aromatic rings. The first-order chi connectivity index (χ1) is 9.92. The molecule has 0 heterocycles. The van der Waals surface area contributed by atoms with Crippen LogP contribution in [0.5, 0.6) is 0 Å². The zero-order valence-corrected chi connectivity index (χ0v) is 13.5. The van der Waals surface area contributed by atoms with E-state index >= 15 is 0 Å². The van der Waals surface area contributed by atoms with E-state index in [9.17, 15) is 8.42 Å². The number of nitrogens with two attached hydrogens (primary N) is 1. The third-order valence-corrected chi connectivity index (χ3v) is 5.80. The summed E-state index contributed by atoms with van der Waals surface area (Å²) in [7, 11) is -2.06. The molecule has 21 heavy (non-hydrogen) atoms. The van der Waals surface area contributed by atoms with Crippen molar-refractivity contribution in [3.63, 3.8) is 0 Å². The summed E-state index contributed by atoms with van der Waals surface area (Å²) in [4.78, 5) is 0.276. The third kappa shape index (κ3) is 3.56. The molecule has 0 amide bonds. The lowest BCUT2D eigenvalue weighted by Crippen LogP contribution is -2.49. The van der Waals surface area contributed by atoms with E-state index in [2.05, 4.69) is 17.0 Å². The largest absolute Gasteiger partial charge is 0.377 e. The molecular formula is C15H25N3O2S. The van der Waals surface area contributed by atoms with Crippen LogP contribution >= 0.6 is 0 Å². The van der Waals surface area contributed by atoms with E-state index in [0.29, 0.717) is 18.2 Å². The number of anilines is 1. The molecule has 1 aliphatic carbocycles. The number of benzene rings is 1. The lowest BCUT2D eigenvalue weighted by atomic mass is 9.76. The van der Waals surface area contributed by atoms with Gasteiger partial charge < -0.3 is 11.1 Å². The maximum Gasteiger partial charge on any atom is 0.242 e. The van der Waals surface area contributed by atoms with Gasteiger partial charge in [-0.05, 0) is 37.9 Å². The zero-order valence-electron chi connectivity index (χ0n) is 12.7. The minimum Gasteiger partial charge on any atom is -0.377 e. The van der Waals surface area contributed by atoms with Crippen molar-refractivity contribution in [3.05, 3.63) is 24.3 Å². The lowest BCUT2D eigenvalue weighted by molar-refractivity contribution is 0.263. The Balaban J connectivity index is 2.35. The first kappa shape index (κ1) is 16.3. The average Bonchev–Trinajstić information content (AvgIpc) is 2.47. The lowest BCUT2D eigenvalue weighted by Gasteiger charge is -2.41. The van der Waals surface area contributed by atoms with Crippen LogP contribution in [0.3, 0.4) is 0 Å². The molecule has 1 saturated carbocycles. The fourth-order valence-corrected chi connectivity index (χ4v) is 4.10. The van der Waals surface area contributed by atoms with E-state index in [1.165, 1.54) is 13.5 Å². The fourth-order valence-electron chi connectivity index (χ4n) is 3.21. The van der Waals surface area contributed by atoms with Gasteiger partial charge in [-0.1, -0.05) is 31.9 Å². The maximum absolute atomic E-state index is 12.1. The standard InChI is InChI=1S/C15H25N3O2S/c1-12-6-5-9-15(10-12,11-16)18-13-7-3-4-8-14(13)21(19,20)17-2/h3-4,7-8,12,17-18H,5-6,9-11,16H2,1-2H3. The zero-order chi connectivity index (χ0) is 15.5. The van der Waals surface area contributed by atoms with Gasteiger partial charge in [-0.2, -0.15) is 0 Å². The van der Waals surface area contributed by atoms with Crippen LogP contribution in [0, 0.1) is 5.92 Å². The summed E-state index contributed by atoms with van der Waals surface area (Å²) in [5.41, 5.74) is 6.43. The van der Waals surface area contributed by atoms with Crippen LogP contribution in [0.2, 0.25) is 0 Å². The molecule has 1 aromatic carbocycles. The predicted octanol–water partition coefficient (Wildman–Crippen LogP) is 1.91. The molecule has 0 aliphatic heterocycles. The van der Waals surface area contributed by atoms with Crippen LogP contribution in [-0.2, 0) is 10.0 Å². The van der Waals surface area contributed by atoms with Crippen molar-refractivity contribution in [2.45, 2.75) is 43.0 Å². The highest BCUT2D eigenvalue weighted by molar-refractivity contribution is 7.89. The number of hydrogen-bond donors (Lipinski definition) is 3. The maximum atomic E-state index is 12.1. The molecule has 118 valence electrons. The Morgan fingerprint density at radius 1 is 1.38 bits per heavy atom. The van der Waals surface area contributed by atoms with Gasteiger partial charge in [0.25, 0.3) is 0 Å². The molecule has 0 bridgehead atoms. The highest BCUT2D eigenvalue weighted by Gasteiger charge is 2.34. The first-order valence-electron chi connectivity index (χ1n) is 7.43. The second kappa shape index (κ2) is 6.34. The summed E-state index contributed by atoms with van der Waals surface area (Å²) in [6.45, 7) is 2.73. The number of sulfonamides is 1. The summed E-state index contributed by atoms with van der Waals surface area (Å²) >= 11 is 0. The molecular weight excluding hydrogens is 286 g/mol. The number of para-hydroxylation sites is 1. The fraction of sp³-hybridized carbons (Fsp3) is 0.600. The van der Waals surface area contributed by atoms with Gasteiger partial charge in [0.2, 0.25) is 10.0 Å². The smallest absolute Gasteiger partial charge is 0.242 e. The Kier molecular flexibility index (Phi) is 4.91. The van der Waals surface area contributed by atoms with Gasteiger partial charge in [0.05, 0.1) is 5.69 Å².